The van der Waals surface area contributed by atoms with Crippen LogP contribution in [-0.4, -0.2) is 21.3 Å². The number of aromatic nitrogens is 1. The first-order valence-electron chi connectivity index (χ1n) is 9.04. The lowest BCUT2D eigenvalue weighted by Crippen LogP contribution is -2.06. The van der Waals surface area contributed by atoms with Crippen LogP contribution in [0, 0.1) is 0 Å². The van der Waals surface area contributed by atoms with E-state index in [0.717, 1.165) is 22.2 Å². The first-order valence-corrected chi connectivity index (χ1v) is 10.1. The summed E-state index contributed by atoms with van der Waals surface area (Å²) in [6.45, 7) is 0.485. The first-order chi connectivity index (χ1) is 14.2. The molecule has 0 amide bonds. The molecule has 4 aromatic rings. The third-order valence-corrected chi connectivity index (χ3v) is 5.84. The van der Waals surface area contributed by atoms with Gasteiger partial charge in [-0.2, -0.15) is 0 Å². The Bertz CT molecular complexity index is 1180. The largest absolute Gasteiger partial charge is 0.489 e. The van der Waals surface area contributed by atoms with Crippen molar-refractivity contribution >= 4 is 27.9 Å². The Labute approximate surface area is 171 Å². The molecule has 0 spiro atoms. The Balaban J connectivity index is 1.57. The molecule has 0 aliphatic heterocycles. The van der Waals surface area contributed by atoms with Gasteiger partial charge >= 0.3 is 5.97 Å². The Morgan fingerprint density at radius 3 is 2.59 bits per heavy atom. The van der Waals surface area contributed by atoms with Gasteiger partial charge in [-0.15, -0.1) is 0 Å². The van der Waals surface area contributed by atoms with Crippen LogP contribution in [0.25, 0.3) is 10.9 Å². The van der Waals surface area contributed by atoms with E-state index in [0.29, 0.717) is 17.1 Å². The van der Waals surface area contributed by atoms with E-state index in [4.69, 9.17) is 9.47 Å². The van der Waals surface area contributed by atoms with Gasteiger partial charge < -0.3 is 9.47 Å². The van der Waals surface area contributed by atoms with Crippen molar-refractivity contribution < 1.29 is 18.5 Å². The van der Waals surface area contributed by atoms with Crippen LogP contribution < -0.4 is 4.74 Å². The maximum Gasteiger partial charge on any atom is 0.337 e. The molecule has 0 saturated carbocycles. The first kappa shape index (κ1) is 19.0. The van der Waals surface area contributed by atoms with E-state index in [1.165, 1.54) is 7.11 Å². The van der Waals surface area contributed by atoms with Gasteiger partial charge in [0.25, 0.3) is 0 Å². The van der Waals surface area contributed by atoms with E-state index in [1.807, 2.05) is 54.6 Å². The van der Waals surface area contributed by atoms with Gasteiger partial charge in [0, 0.05) is 11.6 Å². The maximum atomic E-state index is 13.1. The highest BCUT2D eigenvalue weighted by Crippen LogP contribution is 2.25. The molecular formula is C23H19NO4S. The Hall–Kier alpha value is -3.38. The number of hydrogen-bond acceptors (Lipinski definition) is 4. The number of nitrogens with zero attached hydrogens (tertiary/aromatic N) is 1. The normalized spacial score (nSPS) is 11.9. The van der Waals surface area contributed by atoms with Crippen molar-refractivity contribution in [3.8, 4) is 5.75 Å². The van der Waals surface area contributed by atoms with Crippen LogP contribution in [0.2, 0.25) is 0 Å². The number of rotatable bonds is 6. The van der Waals surface area contributed by atoms with Crippen LogP contribution in [0.15, 0.2) is 90.0 Å². The predicted molar refractivity (Wildman–Crippen MR) is 112 cm³/mol. The summed E-state index contributed by atoms with van der Waals surface area (Å²) in [6.07, 6.45) is 1.77. The maximum absolute atomic E-state index is 13.1. The molecule has 6 heteroatoms. The number of ether oxygens (including phenoxy) is 2. The molecule has 5 nitrogen and oxygen atoms in total. The Kier molecular flexibility index (Phi) is 5.44. The highest BCUT2D eigenvalue weighted by molar-refractivity contribution is 7.83. The second-order valence-corrected chi connectivity index (χ2v) is 7.77. The predicted octanol–water partition coefficient (Wildman–Crippen LogP) is 4.58. The van der Waals surface area contributed by atoms with Crippen LogP contribution in [0.5, 0.6) is 5.75 Å². The zero-order valence-electron chi connectivity index (χ0n) is 15.8. The highest BCUT2D eigenvalue weighted by atomic mass is 32.2. The minimum absolute atomic E-state index is 0.367. The fourth-order valence-corrected chi connectivity index (χ4v) is 4.20. The molecule has 1 heterocycles. The number of hydrogen-bond donors (Lipinski definition) is 0. The smallest absolute Gasteiger partial charge is 0.337 e. The molecule has 0 aliphatic rings. The number of carbonyl (C=O) groups is 1. The second kappa shape index (κ2) is 8.32. The van der Waals surface area contributed by atoms with Crippen molar-refractivity contribution in [2.24, 2.45) is 0 Å². The van der Waals surface area contributed by atoms with Gasteiger partial charge in [-0.1, -0.05) is 36.4 Å². The monoisotopic (exact) mass is 405 g/mol. The molecular weight excluding hydrogens is 386 g/mol. The fraction of sp³-hybridized carbons (Fsp3) is 0.0870. The lowest BCUT2D eigenvalue weighted by Gasteiger charge is -2.09. The average molecular weight is 405 g/mol. The lowest BCUT2D eigenvalue weighted by atomic mass is 10.2. The molecule has 1 unspecified atom stereocenters. The van der Waals surface area contributed by atoms with Crippen LogP contribution in [0.1, 0.15) is 15.9 Å². The van der Waals surface area contributed by atoms with Crippen LogP contribution >= 0.6 is 0 Å². The molecule has 3 aromatic carbocycles. The molecule has 0 fully saturated rings. The summed E-state index contributed by atoms with van der Waals surface area (Å²) < 4.78 is 25.4. The summed E-state index contributed by atoms with van der Waals surface area (Å²) in [7, 11) is -0.169. The van der Waals surface area contributed by atoms with Crippen molar-refractivity contribution in [2.75, 3.05) is 7.11 Å². The van der Waals surface area contributed by atoms with Crippen molar-refractivity contribution in [2.45, 2.75) is 11.5 Å². The van der Waals surface area contributed by atoms with Crippen molar-refractivity contribution in [3.63, 3.8) is 0 Å². The lowest BCUT2D eigenvalue weighted by molar-refractivity contribution is 0.0600. The Morgan fingerprint density at radius 1 is 0.966 bits per heavy atom. The minimum atomic E-state index is -1.49. The van der Waals surface area contributed by atoms with E-state index in [9.17, 15) is 9.00 Å². The van der Waals surface area contributed by atoms with E-state index in [-0.39, 0.29) is 0 Å². The molecule has 0 N–H and O–H groups in total. The SMILES string of the molecule is COC(=O)c1cccc(S(=O)n2ccc3cc(OCc4ccccc4)ccc32)c1. The van der Waals surface area contributed by atoms with Gasteiger partial charge in [-0.3, -0.25) is 3.97 Å². The molecule has 1 aromatic heterocycles. The van der Waals surface area contributed by atoms with Gasteiger partial charge in [0.15, 0.2) is 11.0 Å². The zero-order valence-corrected chi connectivity index (χ0v) is 16.6. The molecule has 146 valence electrons. The molecule has 29 heavy (non-hydrogen) atoms. The van der Waals surface area contributed by atoms with Crippen LogP contribution in [0.4, 0.5) is 0 Å². The molecule has 0 saturated heterocycles. The van der Waals surface area contributed by atoms with Crippen LogP contribution in [0.3, 0.4) is 0 Å². The summed E-state index contributed by atoms with van der Waals surface area (Å²) in [6, 6.07) is 24.2. The van der Waals surface area contributed by atoms with E-state index < -0.39 is 17.0 Å². The van der Waals surface area contributed by atoms with Crippen molar-refractivity contribution in [1.82, 2.24) is 3.97 Å². The minimum Gasteiger partial charge on any atom is -0.489 e. The van der Waals surface area contributed by atoms with Gasteiger partial charge in [-0.05, 0) is 48.0 Å². The highest BCUT2D eigenvalue weighted by Gasteiger charge is 2.13. The number of methoxy groups -OCH3 is 1. The molecule has 0 radical (unpaired) electrons. The van der Waals surface area contributed by atoms with E-state index >= 15 is 0 Å². The summed E-state index contributed by atoms with van der Waals surface area (Å²) in [5.41, 5.74) is 2.28. The standard InChI is InChI=1S/C23H19NO4S/c1-27-23(25)19-8-5-9-21(15-19)29(26)24-13-12-18-14-20(10-11-22(18)24)28-16-17-6-3-2-4-7-17/h2-15H,16H2,1H3. The van der Waals surface area contributed by atoms with E-state index in [2.05, 4.69) is 0 Å². The van der Waals surface area contributed by atoms with Crippen molar-refractivity contribution in [3.05, 3.63) is 96.2 Å². The Morgan fingerprint density at radius 2 is 1.79 bits per heavy atom. The summed E-state index contributed by atoms with van der Waals surface area (Å²) in [5.74, 6) is 0.291. The summed E-state index contributed by atoms with van der Waals surface area (Å²) >= 11 is 0. The average Bonchev–Trinajstić information content (AvgIpc) is 3.20. The fourth-order valence-electron chi connectivity index (χ4n) is 3.03. The van der Waals surface area contributed by atoms with Gasteiger partial charge in [0.2, 0.25) is 0 Å². The number of carbonyl (C=O) groups excluding carboxylic acids is 1. The number of fused-ring (bicyclic) bond motifs is 1. The van der Waals surface area contributed by atoms with Crippen molar-refractivity contribution in [1.29, 1.82) is 0 Å². The second-order valence-electron chi connectivity index (χ2n) is 6.40. The topological polar surface area (TPSA) is 57.5 Å². The molecule has 0 bridgehead atoms. The number of benzene rings is 3. The quantitative estimate of drug-likeness (QED) is 0.441. The number of esters is 1. The van der Waals surface area contributed by atoms with Gasteiger partial charge in [0.05, 0.1) is 23.1 Å². The molecule has 1 atom stereocenters. The van der Waals surface area contributed by atoms with Gasteiger partial charge in [0.1, 0.15) is 12.4 Å². The molecule has 0 aliphatic carbocycles. The van der Waals surface area contributed by atoms with Crippen LogP contribution in [-0.2, 0) is 22.3 Å². The molecule has 4 rings (SSSR count). The third-order valence-electron chi connectivity index (χ3n) is 4.51. The summed E-state index contributed by atoms with van der Waals surface area (Å²) in [4.78, 5) is 12.3. The third kappa shape index (κ3) is 4.07. The van der Waals surface area contributed by atoms with E-state index in [1.54, 1.807) is 34.4 Å². The van der Waals surface area contributed by atoms with Gasteiger partial charge in [-0.25, -0.2) is 9.00 Å². The summed E-state index contributed by atoms with van der Waals surface area (Å²) in [5, 5.41) is 0.924. The zero-order chi connectivity index (χ0) is 20.2.